The van der Waals surface area contributed by atoms with E-state index >= 15 is 0 Å². The number of fused-ring (bicyclic) bond motifs is 1. The summed E-state index contributed by atoms with van der Waals surface area (Å²) in [6.45, 7) is 8.37. The first-order chi connectivity index (χ1) is 7.22. The summed E-state index contributed by atoms with van der Waals surface area (Å²) < 4.78 is 0. The fraction of sp³-hybridized carbons (Fsp3) is 0.917. The Morgan fingerprint density at radius 2 is 2.12 bits per heavy atom. The van der Waals surface area contributed by atoms with Gasteiger partial charge in [-0.3, -0.25) is 4.79 Å². The van der Waals surface area contributed by atoms with Crippen LogP contribution in [-0.4, -0.2) is 37.0 Å². The van der Waals surface area contributed by atoms with Crippen LogP contribution in [0.2, 0.25) is 0 Å². The third-order valence-electron chi connectivity index (χ3n) is 4.05. The van der Waals surface area contributed by atoms with Gasteiger partial charge in [0, 0.05) is 19.0 Å². The van der Waals surface area contributed by atoms with Crippen LogP contribution in [0.5, 0.6) is 0 Å². The molecule has 0 aromatic carbocycles. The Hall–Kier alpha value is -0.280. The summed E-state index contributed by atoms with van der Waals surface area (Å²) in [4.78, 5) is 14.1. The Labute approximate surface area is 104 Å². The number of amides is 1. The second kappa shape index (κ2) is 5.87. The lowest BCUT2D eigenvalue weighted by Crippen LogP contribution is -2.45. The molecule has 2 heterocycles. The number of hydrogen-bond donors (Lipinski definition) is 1. The van der Waals surface area contributed by atoms with Gasteiger partial charge in [-0.2, -0.15) is 0 Å². The number of hydrogen-bond acceptors (Lipinski definition) is 2. The molecule has 0 spiro atoms. The molecule has 0 radical (unpaired) electrons. The minimum Gasteiger partial charge on any atom is -0.342 e. The van der Waals surface area contributed by atoms with E-state index < -0.39 is 0 Å². The molecule has 0 aromatic heterocycles. The van der Waals surface area contributed by atoms with Crippen molar-refractivity contribution in [1.82, 2.24) is 10.2 Å². The highest BCUT2D eigenvalue weighted by atomic mass is 35.5. The SMILES string of the molecule is CCC(C)C(=O)N1CCC2CNCC2C1.Cl. The molecular weight excluding hydrogens is 224 g/mol. The van der Waals surface area contributed by atoms with Crippen molar-refractivity contribution in [2.24, 2.45) is 17.8 Å². The zero-order valence-corrected chi connectivity index (χ0v) is 11.1. The molecule has 1 N–H and O–H groups in total. The Kier molecular flexibility index (Phi) is 5.06. The topological polar surface area (TPSA) is 32.3 Å². The fourth-order valence-electron chi connectivity index (χ4n) is 2.72. The van der Waals surface area contributed by atoms with Crippen molar-refractivity contribution in [2.45, 2.75) is 26.7 Å². The van der Waals surface area contributed by atoms with E-state index in [1.165, 1.54) is 6.42 Å². The van der Waals surface area contributed by atoms with Crippen LogP contribution in [-0.2, 0) is 4.79 Å². The van der Waals surface area contributed by atoms with Crippen LogP contribution < -0.4 is 5.32 Å². The van der Waals surface area contributed by atoms with Crippen LogP contribution in [0.25, 0.3) is 0 Å². The van der Waals surface area contributed by atoms with Gasteiger partial charge in [-0.1, -0.05) is 13.8 Å². The second-order valence-electron chi connectivity index (χ2n) is 5.06. The van der Waals surface area contributed by atoms with Crippen molar-refractivity contribution in [2.75, 3.05) is 26.2 Å². The lowest BCUT2D eigenvalue weighted by molar-refractivity contribution is -0.137. The summed E-state index contributed by atoms with van der Waals surface area (Å²) in [6.07, 6.45) is 2.15. The first-order valence-electron chi connectivity index (χ1n) is 6.22. The summed E-state index contributed by atoms with van der Waals surface area (Å²) in [5.41, 5.74) is 0. The third kappa shape index (κ3) is 2.69. The predicted molar refractivity (Wildman–Crippen MR) is 67.7 cm³/mol. The predicted octanol–water partition coefficient (Wildman–Crippen LogP) is 1.52. The lowest BCUT2D eigenvalue weighted by atomic mass is 9.88. The lowest BCUT2D eigenvalue weighted by Gasteiger charge is -2.35. The molecule has 0 aromatic rings. The van der Waals surface area contributed by atoms with Crippen molar-refractivity contribution in [3.63, 3.8) is 0 Å². The summed E-state index contributed by atoms with van der Waals surface area (Å²) in [7, 11) is 0. The Bertz CT molecular complexity index is 247. The van der Waals surface area contributed by atoms with Gasteiger partial charge in [0.05, 0.1) is 0 Å². The fourth-order valence-corrected chi connectivity index (χ4v) is 2.72. The number of likely N-dealkylation sites (tertiary alicyclic amines) is 1. The van der Waals surface area contributed by atoms with Crippen molar-refractivity contribution in [1.29, 1.82) is 0 Å². The van der Waals surface area contributed by atoms with Gasteiger partial charge in [0.1, 0.15) is 0 Å². The van der Waals surface area contributed by atoms with Gasteiger partial charge in [-0.25, -0.2) is 0 Å². The van der Waals surface area contributed by atoms with Crippen LogP contribution in [0.15, 0.2) is 0 Å². The summed E-state index contributed by atoms with van der Waals surface area (Å²) >= 11 is 0. The Morgan fingerprint density at radius 3 is 2.81 bits per heavy atom. The van der Waals surface area contributed by atoms with Crippen LogP contribution >= 0.6 is 12.4 Å². The molecule has 1 amide bonds. The van der Waals surface area contributed by atoms with Gasteiger partial charge in [0.15, 0.2) is 0 Å². The highest BCUT2D eigenvalue weighted by Gasteiger charge is 2.35. The molecule has 3 unspecified atom stereocenters. The molecule has 3 nitrogen and oxygen atoms in total. The molecule has 2 saturated heterocycles. The van der Waals surface area contributed by atoms with E-state index in [1.807, 2.05) is 6.92 Å². The van der Waals surface area contributed by atoms with Crippen molar-refractivity contribution in [3.05, 3.63) is 0 Å². The first-order valence-corrected chi connectivity index (χ1v) is 6.22. The maximum Gasteiger partial charge on any atom is 0.225 e. The highest BCUT2D eigenvalue weighted by molar-refractivity contribution is 5.85. The van der Waals surface area contributed by atoms with Crippen LogP contribution in [0.4, 0.5) is 0 Å². The van der Waals surface area contributed by atoms with E-state index in [0.29, 0.717) is 11.8 Å². The number of carbonyl (C=O) groups excluding carboxylic acids is 1. The molecule has 2 aliphatic heterocycles. The molecule has 2 aliphatic rings. The zero-order chi connectivity index (χ0) is 10.8. The van der Waals surface area contributed by atoms with Gasteiger partial charge in [0.25, 0.3) is 0 Å². The largest absolute Gasteiger partial charge is 0.342 e. The van der Waals surface area contributed by atoms with Crippen LogP contribution in [0, 0.1) is 17.8 Å². The minimum absolute atomic E-state index is 0. The molecular formula is C12H23ClN2O. The Balaban J connectivity index is 0.00000128. The average molecular weight is 247 g/mol. The minimum atomic E-state index is 0. The molecule has 0 bridgehead atoms. The van der Waals surface area contributed by atoms with Crippen molar-refractivity contribution >= 4 is 18.3 Å². The molecule has 16 heavy (non-hydrogen) atoms. The maximum absolute atomic E-state index is 12.0. The van der Waals surface area contributed by atoms with E-state index in [0.717, 1.165) is 38.5 Å². The van der Waals surface area contributed by atoms with E-state index in [4.69, 9.17) is 0 Å². The van der Waals surface area contributed by atoms with E-state index in [-0.39, 0.29) is 18.3 Å². The summed E-state index contributed by atoms with van der Waals surface area (Å²) in [6, 6.07) is 0. The number of halogens is 1. The van der Waals surface area contributed by atoms with Crippen molar-refractivity contribution in [3.8, 4) is 0 Å². The monoisotopic (exact) mass is 246 g/mol. The molecule has 0 aliphatic carbocycles. The van der Waals surface area contributed by atoms with Crippen LogP contribution in [0.3, 0.4) is 0 Å². The number of carbonyl (C=O) groups is 1. The smallest absolute Gasteiger partial charge is 0.225 e. The maximum atomic E-state index is 12.0. The molecule has 0 saturated carbocycles. The molecule has 4 heteroatoms. The molecule has 3 atom stereocenters. The van der Waals surface area contributed by atoms with Gasteiger partial charge in [-0.15, -0.1) is 12.4 Å². The quantitative estimate of drug-likeness (QED) is 0.802. The van der Waals surface area contributed by atoms with Crippen LogP contribution in [0.1, 0.15) is 26.7 Å². The highest BCUT2D eigenvalue weighted by Crippen LogP contribution is 2.27. The first kappa shape index (κ1) is 13.8. The molecule has 2 rings (SSSR count). The number of piperidine rings is 1. The van der Waals surface area contributed by atoms with Gasteiger partial charge >= 0.3 is 0 Å². The second-order valence-corrected chi connectivity index (χ2v) is 5.06. The zero-order valence-electron chi connectivity index (χ0n) is 10.2. The normalized spacial score (nSPS) is 30.5. The number of rotatable bonds is 2. The summed E-state index contributed by atoms with van der Waals surface area (Å²) in [5.74, 6) is 2.11. The van der Waals surface area contributed by atoms with E-state index in [9.17, 15) is 4.79 Å². The van der Waals surface area contributed by atoms with E-state index in [2.05, 4.69) is 17.1 Å². The van der Waals surface area contributed by atoms with Gasteiger partial charge in [0.2, 0.25) is 5.91 Å². The average Bonchev–Trinajstić information content (AvgIpc) is 2.73. The Morgan fingerprint density at radius 1 is 1.44 bits per heavy atom. The molecule has 2 fully saturated rings. The van der Waals surface area contributed by atoms with Crippen molar-refractivity contribution < 1.29 is 4.79 Å². The van der Waals surface area contributed by atoms with Gasteiger partial charge < -0.3 is 10.2 Å². The van der Waals surface area contributed by atoms with Gasteiger partial charge in [-0.05, 0) is 37.8 Å². The standard InChI is InChI=1S/C12H22N2O.ClH/c1-3-9(2)12(15)14-5-4-10-6-13-7-11(10)8-14;/h9-11,13H,3-8H2,1-2H3;1H. The number of nitrogens with zero attached hydrogens (tertiary/aromatic N) is 1. The number of nitrogens with one attached hydrogen (secondary N) is 1. The third-order valence-corrected chi connectivity index (χ3v) is 4.05. The molecule has 94 valence electrons. The summed E-state index contributed by atoms with van der Waals surface area (Å²) in [5, 5.41) is 3.43. The van der Waals surface area contributed by atoms with E-state index in [1.54, 1.807) is 0 Å².